The van der Waals surface area contributed by atoms with Crippen LogP contribution in [0, 0.1) is 0 Å². The number of hydrogen-bond donors (Lipinski definition) is 2. The summed E-state index contributed by atoms with van der Waals surface area (Å²) in [5, 5.41) is 6.85. The zero-order chi connectivity index (χ0) is 22.0. The molecule has 0 saturated carbocycles. The number of benzene rings is 1. The number of imidazole rings is 1. The largest absolute Gasteiger partial charge is 0.468 e. The summed E-state index contributed by atoms with van der Waals surface area (Å²) in [5.41, 5.74) is 1.28. The van der Waals surface area contributed by atoms with Crippen LogP contribution in [0.3, 0.4) is 0 Å². The first-order chi connectivity index (χ1) is 15.8. The van der Waals surface area contributed by atoms with Gasteiger partial charge in [0.05, 0.1) is 18.8 Å². The molecule has 0 bridgehead atoms. The predicted molar refractivity (Wildman–Crippen MR) is 143 cm³/mol. The van der Waals surface area contributed by atoms with Gasteiger partial charge in [-0.25, -0.2) is 4.98 Å². The van der Waals surface area contributed by atoms with Crippen molar-refractivity contribution in [1.29, 1.82) is 0 Å². The molecule has 4 rings (SSSR count). The van der Waals surface area contributed by atoms with Gasteiger partial charge in [-0.2, -0.15) is 0 Å². The van der Waals surface area contributed by atoms with Crippen molar-refractivity contribution in [2.24, 2.45) is 4.99 Å². The second-order valence-electron chi connectivity index (χ2n) is 8.13. The first kappa shape index (κ1) is 25.3. The van der Waals surface area contributed by atoms with Crippen molar-refractivity contribution in [2.75, 3.05) is 32.7 Å². The number of halogens is 1. The normalized spacial score (nSPS) is 15.2. The topological polar surface area (TPSA) is 70.6 Å². The van der Waals surface area contributed by atoms with E-state index in [0.29, 0.717) is 6.54 Å². The molecule has 1 fully saturated rings. The molecular formula is C25H35IN6O. The van der Waals surface area contributed by atoms with Crippen molar-refractivity contribution >= 4 is 29.9 Å². The Hall–Kier alpha value is -2.33. The molecule has 1 aliphatic heterocycles. The molecule has 3 heterocycles. The van der Waals surface area contributed by atoms with E-state index in [4.69, 9.17) is 9.41 Å². The second kappa shape index (κ2) is 13.4. The van der Waals surface area contributed by atoms with E-state index in [2.05, 4.69) is 62.3 Å². The molecule has 1 aromatic carbocycles. The molecule has 0 radical (unpaired) electrons. The lowest BCUT2D eigenvalue weighted by molar-refractivity contribution is 0.221. The number of aliphatic imine (C=N–C) groups is 1. The lowest BCUT2D eigenvalue weighted by atomic mass is 10.2. The average Bonchev–Trinajstić information content (AvgIpc) is 3.59. The first-order valence-electron chi connectivity index (χ1n) is 11.7. The maximum Gasteiger partial charge on any atom is 0.191 e. The van der Waals surface area contributed by atoms with Crippen molar-refractivity contribution in [3.8, 4) is 0 Å². The molecule has 1 unspecified atom stereocenters. The lowest BCUT2D eigenvalue weighted by Crippen LogP contribution is -2.39. The molecule has 2 N–H and O–H groups in total. The van der Waals surface area contributed by atoms with Crippen LogP contribution < -0.4 is 10.6 Å². The van der Waals surface area contributed by atoms with Crippen molar-refractivity contribution in [2.45, 2.75) is 38.8 Å². The molecule has 1 aliphatic rings. The van der Waals surface area contributed by atoms with Gasteiger partial charge in [0.2, 0.25) is 0 Å². The number of rotatable bonds is 10. The molecule has 33 heavy (non-hydrogen) atoms. The highest BCUT2D eigenvalue weighted by atomic mass is 127. The third-order valence-electron chi connectivity index (χ3n) is 5.86. The SMILES string of the molecule is CCNC(=NCC(c1ccco1)N1CCCC1)NCCc1nccn1Cc1ccccc1.I. The van der Waals surface area contributed by atoms with Gasteiger partial charge in [-0.15, -0.1) is 24.0 Å². The highest BCUT2D eigenvalue weighted by Crippen LogP contribution is 2.25. The molecule has 0 aliphatic carbocycles. The minimum absolute atomic E-state index is 0. The maximum absolute atomic E-state index is 5.73. The Kier molecular flexibility index (Phi) is 10.3. The molecule has 0 amide bonds. The number of likely N-dealkylation sites (tertiary alicyclic amines) is 1. The van der Waals surface area contributed by atoms with Crippen molar-refractivity contribution < 1.29 is 4.42 Å². The highest BCUT2D eigenvalue weighted by Gasteiger charge is 2.25. The summed E-state index contributed by atoms with van der Waals surface area (Å²) in [6.45, 7) is 7.41. The summed E-state index contributed by atoms with van der Waals surface area (Å²) in [4.78, 5) is 11.9. The number of nitrogens with one attached hydrogen (secondary N) is 2. The van der Waals surface area contributed by atoms with E-state index in [9.17, 15) is 0 Å². The Morgan fingerprint density at radius 3 is 2.67 bits per heavy atom. The number of nitrogens with zero attached hydrogens (tertiary/aromatic N) is 4. The average molecular weight is 563 g/mol. The van der Waals surface area contributed by atoms with Crippen LogP contribution in [0.15, 0.2) is 70.5 Å². The van der Waals surface area contributed by atoms with Crippen LogP contribution in [-0.4, -0.2) is 53.1 Å². The van der Waals surface area contributed by atoms with Crippen LogP contribution in [0.25, 0.3) is 0 Å². The van der Waals surface area contributed by atoms with E-state index < -0.39 is 0 Å². The van der Waals surface area contributed by atoms with Crippen molar-refractivity contribution in [3.05, 3.63) is 78.3 Å². The third kappa shape index (κ3) is 7.33. The Morgan fingerprint density at radius 2 is 1.94 bits per heavy atom. The van der Waals surface area contributed by atoms with Gasteiger partial charge in [0.25, 0.3) is 0 Å². The number of aromatic nitrogens is 2. The zero-order valence-electron chi connectivity index (χ0n) is 19.3. The molecule has 3 aromatic rings. The molecule has 1 atom stereocenters. The molecule has 178 valence electrons. The number of guanidine groups is 1. The quantitative estimate of drug-likeness (QED) is 0.222. The van der Waals surface area contributed by atoms with E-state index in [1.807, 2.05) is 24.5 Å². The number of furan rings is 1. The second-order valence-corrected chi connectivity index (χ2v) is 8.13. The summed E-state index contributed by atoms with van der Waals surface area (Å²) >= 11 is 0. The Balaban J connectivity index is 0.00000306. The molecule has 8 heteroatoms. The monoisotopic (exact) mass is 562 g/mol. The minimum atomic E-state index is 0. The third-order valence-corrected chi connectivity index (χ3v) is 5.86. The van der Waals surface area contributed by atoms with Gasteiger partial charge in [0, 0.05) is 38.4 Å². The van der Waals surface area contributed by atoms with E-state index in [0.717, 1.165) is 56.7 Å². The summed E-state index contributed by atoms with van der Waals surface area (Å²) in [6.07, 6.45) is 9.00. The van der Waals surface area contributed by atoms with Crippen LogP contribution >= 0.6 is 24.0 Å². The van der Waals surface area contributed by atoms with E-state index in [-0.39, 0.29) is 30.0 Å². The molecule has 7 nitrogen and oxygen atoms in total. The van der Waals surface area contributed by atoms with E-state index in [1.54, 1.807) is 6.26 Å². The van der Waals surface area contributed by atoms with Crippen molar-refractivity contribution in [1.82, 2.24) is 25.1 Å². The zero-order valence-corrected chi connectivity index (χ0v) is 21.7. The van der Waals surface area contributed by atoms with Gasteiger partial charge < -0.3 is 19.6 Å². The summed E-state index contributed by atoms with van der Waals surface area (Å²) in [5.74, 6) is 2.90. The van der Waals surface area contributed by atoms with Gasteiger partial charge in [-0.1, -0.05) is 30.3 Å². The highest BCUT2D eigenvalue weighted by molar-refractivity contribution is 14.0. The van der Waals surface area contributed by atoms with Gasteiger partial charge >= 0.3 is 0 Å². The van der Waals surface area contributed by atoms with Crippen LogP contribution in [0.2, 0.25) is 0 Å². The molecule has 0 spiro atoms. The summed E-state index contributed by atoms with van der Waals surface area (Å²) in [6, 6.07) is 14.7. The van der Waals surface area contributed by atoms with Gasteiger partial charge in [0.15, 0.2) is 5.96 Å². The van der Waals surface area contributed by atoms with Gasteiger partial charge in [0.1, 0.15) is 11.6 Å². The fourth-order valence-electron chi connectivity index (χ4n) is 4.22. The first-order valence-corrected chi connectivity index (χ1v) is 11.7. The summed E-state index contributed by atoms with van der Waals surface area (Å²) in [7, 11) is 0. The van der Waals surface area contributed by atoms with Gasteiger partial charge in [-0.3, -0.25) is 9.89 Å². The van der Waals surface area contributed by atoms with Gasteiger partial charge in [-0.05, 0) is 50.6 Å². The fourth-order valence-corrected chi connectivity index (χ4v) is 4.22. The maximum atomic E-state index is 5.73. The predicted octanol–water partition coefficient (Wildman–Crippen LogP) is 4.08. The van der Waals surface area contributed by atoms with E-state index >= 15 is 0 Å². The van der Waals surface area contributed by atoms with Crippen LogP contribution in [-0.2, 0) is 13.0 Å². The summed E-state index contributed by atoms with van der Waals surface area (Å²) < 4.78 is 7.94. The van der Waals surface area contributed by atoms with Crippen molar-refractivity contribution in [3.63, 3.8) is 0 Å². The Bertz CT molecular complexity index is 950. The number of hydrogen-bond acceptors (Lipinski definition) is 4. The van der Waals surface area contributed by atoms with E-state index in [1.165, 1.54) is 18.4 Å². The van der Waals surface area contributed by atoms with Crippen LogP contribution in [0.5, 0.6) is 0 Å². The van der Waals surface area contributed by atoms with Crippen LogP contribution in [0.4, 0.5) is 0 Å². The standard InChI is InChI=1S/C25H34N6O.HI/c1-2-26-25(29-19-22(23-11-8-18-32-23)30-15-6-7-16-30)28-13-12-24-27-14-17-31(24)20-21-9-4-3-5-10-21;/h3-5,8-11,14,17-18,22H,2,6-7,12-13,15-16,19-20H2,1H3,(H2,26,28,29);1H. The Labute approximate surface area is 213 Å². The van der Waals surface area contributed by atoms with Crippen LogP contribution in [0.1, 0.15) is 43.0 Å². The Morgan fingerprint density at radius 1 is 1.12 bits per heavy atom. The minimum Gasteiger partial charge on any atom is -0.468 e. The fraction of sp³-hybridized carbons (Fsp3) is 0.440. The lowest BCUT2D eigenvalue weighted by Gasteiger charge is -2.24. The molecule has 2 aromatic heterocycles. The molecular weight excluding hydrogens is 527 g/mol. The molecule has 1 saturated heterocycles. The smallest absolute Gasteiger partial charge is 0.191 e.